The van der Waals surface area contributed by atoms with E-state index in [1.807, 2.05) is 41.5 Å². The third-order valence-electron chi connectivity index (χ3n) is 5.62. The first-order valence-corrected chi connectivity index (χ1v) is 10.6. The maximum absolute atomic E-state index is 6.45. The fourth-order valence-electron chi connectivity index (χ4n) is 4.05. The molecule has 148 valence electrons. The summed E-state index contributed by atoms with van der Waals surface area (Å²) >= 11 is 6.11. The summed E-state index contributed by atoms with van der Waals surface area (Å²) in [5, 5.41) is 2.76. The summed E-state index contributed by atoms with van der Waals surface area (Å²) in [4.78, 5) is 6.45. The molecule has 2 unspecified atom stereocenters. The number of hydroxylamine groups is 1. The fourth-order valence-corrected chi connectivity index (χ4v) is 4.17. The van der Waals surface area contributed by atoms with Gasteiger partial charge in [0.15, 0.2) is 0 Å². The minimum Gasteiger partial charge on any atom is -0.265 e. The van der Waals surface area contributed by atoms with Crippen LogP contribution in [0.2, 0.25) is 5.02 Å². The molecule has 2 atom stereocenters. The van der Waals surface area contributed by atoms with Crippen molar-refractivity contribution in [2.75, 3.05) is 5.06 Å². The average Bonchev–Trinajstić information content (AvgIpc) is 3.26. The smallest absolute Gasteiger partial charge is 0.113 e. The molecule has 0 bridgehead atoms. The van der Waals surface area contributed by atoms with Gasteiger partial charge in [0.05, 0.1) is 11.7 Å². The van der Waals surface area contributed by atoms with Crippen molar-refractivity contribution in [3.8, 4) is 11.1 Å². The zero-order valence-electron chi connectivity index (χ0n) is 16.5. The van der Waals surface area contributed by atoms with E-state index in [-0.39, 0.29) is 12.1 Å². The average molecular weight is 412 g/mol. The molecule has 1 heterocycles. The highest BCUT2D eigenvalue weighted by atomic mass is 35.5. The van der Waals surface area contributed by atoms with Crippen molar-refractivity contribution in [1.82, 2.24) is 0 Å². The standard InChI is InChI=1S/C27H22ClNO/c28-24-15-17-25(18-16-24)29-26(19-27(30-29)23-9-5-2-6-10-23)22-13-11-21(12-14-22)20-7-3-1-4-8-20/h1-18,26-27H,19H2. The molecule has 30 heavy (non-hydrogen) atoms. The van der Waals surface area contributed by atoms with E-state index in [1.165, 1.54) is 22.3 Å². The second-order valence-electron chi connectivity index (χ2n) is 7.55. The number of hydrogen-bond donors (Lipinski definition) is 0. The predicted octanol–water partition coefficient (Wildman–Crippen LogP) is 7.63. The van der Waals surface area contributed by atoms with Gasteiger partial charge in [-0.1, -0.05) is 96.5 Å². The van der Waals surface area contributed by atoms with Crippen molar-refractivity contribution >= 4 is 17.3 Å². The van der Waals surface area contributed by atoms with Crippen LogP contribution in [0.4, 0.5) is 5.69 Å². The molecule has 0 radical (unpaired) electrons. The predicted molar refractivity (Wildman–Crippen MR) is 123 cm³/mol. The van der Waals surface area contributed by atoms with Crippen LogP contribution in [0.25, 0.3) is 11.1 Å². The van der Waals surface area contributed by atoms with E-state index in [1.54, 1.807) is 0 Å². The lowest BCUT2D eigenvalue weighted by atomic mass is 9.96. The third-order valence-corrected chi connectivity index (χ3v) is 5.87. The summed E-state index contributed by atoms with van der Waals surface area (Å²) in [7, 11) is 0. The highest BCUT2D eigenvalue weighted by Gasteiger charge is 2.35. The molecule has 0 aliphatic carbocycles. The monoisotopic (exact) mass is 411 g/mol. The Hall–Kier alpha value is -3.07. The Balaban J connectivity index is 1.48. The van der Waals surface area contributed by atoms with Crippen LogP contribution in [0.3, 0.4) is 0 Å². The van der Waals surface area contributed by atoms with Crippen LogP contribution in [0.15, 0.2) is 109 Å². The first-order valence-electron chi connectivity index (χ1n) is 10.2. The lowest BCUT2D eigenvalue weighted by Gasteiger charge is -2.25. The molecule has 0 N–H and O–H groups in total. The molecule has 4 aromatic carbocycles. The van der Waals surface area contributed by atoms with Gasteiger partial charge in [-0.05, 0) is 46.5 Å². The van der Waals surface area contributed by atoms with Gasteiger partial charge in [0.1, 0.15) is 6.10 Å². The van der Waals surface area contributed by atoms with Crippen LogP contribution < -0.4 is 5.06 Å². The first-order chi connectivity index (χ1) is 14.8. The van der Waals surface area contributed by atoms with Gasteiger partial charge in [-0.3, -0.25) is 4.84 Å². The van der Waals surface area contributed by atoms with E-state index in [0.29, 0.717) is 0 Å². The van der Waals surface area contributed by atoms with Gasteiger partial charge < -0.3 is 0 Å². The number of nitrogens with zero attached hydrogens (tertiary/aromatic N) is 1. The van der Waals surface area contributed by atoms with Gasteiger partial charge in [-0.2, -0.15) is 0 Å². The van der Waals surface area contributed by atoms with Crippen molar-refractivity contribution < 1.29 is 4.84 Å². The molecule has 1 fully saturated rings. The Morgan fingerprint density at radius 1 is 0.633 bits per heavy atom. The Morgan fingerprint density at radius 3 is 1.90 bits per heavy atom. The Morgan fingerprint density at radius 2 is 1.23 bits per heavy atom. The van der Waals surface area contributed by atoms with Gasteiger partial charge in [0.25, 0.3) is 0 Å². The highest BCUT2D eigenvalue weighted by molar-refractivity contribution is 6.30. The minimum absolute atomic E-state index is 0.0145. The topological polar surface area (TPSA) is 12.5 Å². The molecule has 3 heteroatoms. The molecular formula is C27H22ClNO. The molecule has 1 saturated heterocycles. The van der Waals surface area contributed by atoms with Gasteiger partial charge in [-0.15, -0.1) is 0 Å². The van der Waals surface area contributed by atoms with Crippen LogP contribution in [-0.4, -0.2) is 0 Å². The molecule has 2 nitrogen and oxygen atoms in total. The Labute approximate surface area is 182 Å². The molecule has 0 aromatic heterocycles. The number of benzene rings is 4. The SMILES string of the molecule is Clc1ccc(N2OC(c3ccccc3)CC2c2ccc(-c3ccccc3)cc2)cc1. The summed E-state index contributed by atoms with van der Waals surface area (Å²) in [6, 6.07) is 37.7. The first kappa shape index (κ1) is 18.9. The van der Waals surface area contributed by atoms with Crippen molar-refractivity contribution in [3.63, 3.8) is 0 Å². The summed E-state index contributed by atoms with van der Waals surface area (Å²) in [6.07, 6.45) is 0.901. The van der Waals surface area contributed by atoms with E-state index < -0.39 is 0 Å². The number of halogens is 1. The summed E-state index contributed by atoms with van der Waals surface area (Å²) in [5.74, 6) is 0. The maximum atomic E-state index is 6.45. The lowest BCUT2D eigenvalue weighted by Crippen LogP contribution is -2.21. The fraction of sp³-hybridized carbons (Fsp3) is 0.111. The van der Waals surface area contributed by atoms with Gasteiger partial charge in [0, 0.05) is 11.4 Å². The number of anilines is 1. The van der Waals surface area contributed by atoms with Gasteiger partial charge in [0.2, 0.25) is 0 Å². The van der Waals surface area contributed by atoms with Crippen molar-refractivity contribution in [1.29, 1.82) is 0 Å². The molecule has 0 amide bonds. The molecule has 4 aromatic rings. The van der Waals surface area contributed by atoms with Crippen LogP contribution >= 0.6 is 11.6 Å². The normalized spacial score (nSPS) is 18.5. The summed E-state index contributed by atoms with van der Waals surface area (Å²) in [5.41, 5.74) is 5.89. The van der Waals surface area contributed by atoms with Crippen LogP contribution in [0.5, 0.6) is 0 Å². The molecular weight excluding hydrogens is 390 g/mol. The minimum atomic E-state index is 0.0145. The van der Waals surface area contributed by atoms with E-state index in [4.69, 9.17) is 16.4 Å². The van der Waals surface area contributed by atoms with Gasteiger partial charge >= 0.3 is 0 Å². The number of rotatable bonds is 4. The number of hydrogen-bond acceptors (Lipinski definition) is 2. The highest BCUT2D eigenvalue weighted by Crippen LogP contribution is 2.44. The van der Waals surface area contributed by atoms with Crippen molar-refractivity contribution in [3.05, 3.63) is 125 Å². The quantitative estimate of drug-likeness (QED) is 0.342. The largest absolute Gasteiger partial charge is 0.265 e. The zero-order valence-corrected chi connectivity index (χ0v) is 17.2. The van der Waals surface area contributed by atoms with Crippen LogP contribution in [0, 0.1) is 0 Å². The lowest BCUT2D eigenvalue weighted by molar-refractivity contribution is 0.0836. The Bertz CT molecular complexity index is 1100. The second-order valence-corrected chi connectivity index (χ2v) is 7.98. The molecule has 5 rings (SSSR count). The van der Waals surface area contributed by atoms with E-state index in [9.17, 15) is 0 Å². The second kappa shape index (κ2) is 8.35. The Kier molecular flexibility index (Phi) is 5.27. The molecule has 1 aliphatic rings. The molecule has 0 spiro atoms. The van der Waals surface area contributed by atoms with Crippen LogP contribution in [0.1, 0.15) is 29.7 Å². The maximum Gasteiger partial charge on any atom is 0.113 e. The van der Waals surface area contributed by atoms with Crippen molar-refractivity contribution in [2.45, 2.75) is 18.6 Å². The van der Waals surface area contributed by atoms with Crippen molar-refractivity contribution in [2.24, 2.45) is 0 Å². The van der Waals surface area contributed by atoms with E-state index in [0.717, 1.165) is 17.1 Å². The zero-order chi connectivity index (χ0) is 20.3. The molecule has 1 aliphatic heterocycles. The summed E-state index contributed by atoms with van der Waals surface area (Å²) in [6.45, 7) is 0. The van der Waals surface area contributed by atoms with Crippen LogP contribution in [-0.2, 0) is 4.84 Å². The third kappa shape index (κ3) is 3.85. The van der Waals surface area contributed by atoms with Gasteiger partial charge in [-0.25, -0.2) is 5.06 Å². The molecule has 0 saturated carbocycles. The van der Waals surface area contributed by atoms with E-state index >= 15 is 0 Å². The van der Waals surface area contributed by atoms with E-state index in [2.05, 4.69) is 72.8 Å². The summed E-state index contributed by atoms with van der Waals surface area (Å²) < 4.78 is 0.